The Kier molecular flexibility index (Phi) is 6.72. The SMILES string of the molecule is CCC1CN(C(=O)CC2CCN(C(=O)OC(C)(C)C)CC2)CCC1O. The molecule has 1 N–H and O–H groups in total. The first-order chi connectivity index (χ1) is 11.7. The lowest BCUT2D eigenvalue weighted by Gasteiger charge is -2.37. The zero-order chi connectivity index (χ0) is 18.6. The van der Waals surface area contributed by atoms with Crippen molar-refractivity contribution < 1.29 is 19.4 Å². The van der Waals surface area contributed by atoms with Gasteiger partial charge in [-0.05, 0) is 52.4 Å². The van der Waals surface area contributed by atoms with Gasteiger partial charge in [0, 0.05) is 38.5 Å². The van der Waals surface area contributed by atoms with Crippen molar-refractivity contribution in [1.82, 2.24) is 9.80 Å². The van der Waals surface area contributed by atoms with Crippen LogP contribution in [0, 0.1) is 11.8 Å². The quantitative estimate of drug-likeness (QED) is 0.846. The van der Waals surface area contributed by atoms with Crippen LogP contribution in [0.25, 0.3) is 0 Å². The molecule has 25 heavy (non-hydrogen) atoms. The van der Waals surface area contributed by atoms with Gasteiger partial charge in [0.2, 0.25) is 5.91 Å². The van der Waals surface area contributed by atoms with Crippen LogP contribution in [0.4, 0.5) is 4.79 Å². The van der Waals surface area contributed by atoms with E-state index in [-0.39, 0.29) is 24.0 Å². The van der Waals surface area contributed by atoms with E-state index in [2.05, 4.69) is 6.92 Å². The summed E-state index contributed by atoms with van der Waals surface area (Å²) in [7, 11) is 0. The lowest BCUT2D eigenvalue weighted by atomic mass is 9.90. The van der Waals surface area contributed by atoms with Gasteiger partial charge >= 0.3 is 6.09 Å². The van der Waals surface area contributed by atoms with Crippen LogP contribution >= 0.6 is 0 Å². The third-order valence-electron chi connectivity index (χ3n) is 5.30. The summed E-state index contributed by atoms with van der Waals surface area (Å²) in [6.07, 6.45) is 3.30. The van der Waals surface area contributed by atoms with Gasteiger partial charge in [-0.25, -0.2) is 4.79 Å². The van der Waals surface area contributed by atoms with Crippen LogP contribution in [0.3, 0.4) is 0 Å². The number of aliphatic hydroxyl groups excluding tert-OH is 1. The summed E-state index contributed by atoms with van der Waals surface area (Å²) < 4.78 is 5.41. The van der Waals surface area contributed by atoms with Crippen molar-refractivity contribution in [3.63, 3.8) is 0 Å². The van der Waals surface area contributed by atoms with Crippen molar-refractivity contribution in [3.05, 3.63) is 0 Å². The van der Waals surface area contributed by atoms with Crippen LogP contribution in [0.5, 0.6) is 0 Å². The minimum Gasteiger partial charge on any atom is -0.444 e. The molecule has 2 aliphatic heterocycles. The molecule has 2 heterocycles. The Labute approximate surface area is 151 Å². The summed E-state index contributed by atoms with van der Waals surface area (Å²) in [5.41, 5.74) is -0.474. The lowest BCUT2D eigenvalue weighted by Crippen LogP contribution is -2.47. The van der Waals surface area contributed by atoms with Gasteiger partial charge < -0.3 is 19.6 Å². The Morgan fingerprint density at radius 2 is 1.68 bits per heavy atom. The standard InChI is InChI=1S/C19H34N2O4/c1-5-15-13-21(11-8-16(15)22)17(23)12-14-6-9-20(10-7-14)18(24)25-19(2,3)4/h14-16,22H,5-13H2,1-4H3. The van der Waals surface area contributed by atoms with Crippen molar-refractivity contribution in [3.8, 4) is 0 Å². The lowest BCUT2D eigenvalue weighted by molar-refractivity contribution is -0.136. The molecule has 2 rings (SSSR count). The van der Waals surface area contributed by atoms with Crippen molar-refractivity contribution in [2.75, 3.05) is 26.2 Å². The van der Waals surface area contributed by atoms with E-state index in [0.29, 0.717) is 44.9 Å². The maximum absolute atomic E-state index is 12.6. The second-order valence-electron chi connectivity index (χ2n) is 8.48. The van der Waals surface area contributed by atoms with E-state index >= 15 is 0 Å². The molecule has 0 aliphatic carbocycles. The molecule has 0 bridgehead atoms. The third-order valence-corrected chi connectivity index (χ3v) is 5.30. The number of nitrogens with zero attached hydrogens (tertiary/aromatic N) is 2. The highest BCUT2D eigenvalue weighted by atomic mass is 16.6. The fourth-order valence-corrected chi connectivity index (χ4v) is 3.67. The molecule has 0 aromatic heterocycles. The number of ether oxygens (including phenoxy) is 1. The number of hydrogen-bond donors (Lipinski definition) is 1. The molecular formula is C19H34N2O4. The van der Waals surface area contributed by atoms with Crippen molar-refractivity contribution in [1.29, 1.82) is 0 Å². The molecule has 2 saturated heterocycles. The maximum atomic E-state index is 12.6. The van der Waals surface area contributed by atoms with Gasteiger partial charge in [-0.15, -0.1) is 0 Å². The number of rotatable bonds is 3. The summed E-state index contributed by atoms with van der Waals surface area (Å²) >= 11 is 0. The molecule has 2 amide bonds. The van der Waals surface area contributed by atoms with E-state index in [0.717, 1.165) is 19.3 Å². The summed E-state index contributed by atoms with van der Waals surface area (Å²) in [5, 5.41) is 9.96. The van der Waals surface area contributed by atoms with Gasteiger partial charge in [-0.3, -0.25) is 4.79 Å². The first-order valence-electron chi connectivity index (χ1n) is 9.63. The Bertz CT molecular complexity index is 467. The first-order valence-corrected chi connectivity index (χ1v) is 9.63. The van der Waals surface area contributed by atoms with Gasteiger partial charge in [-0.2, -0.15) is 0 Å². The number of amides is 2. The number of carbonyl (C=O) groups excluding carboxylic acids is 2. The Morgan fingerprint density at radius 3 is 2.24 bits per heavy atom. The zero-order valence-corrected chi connectivity index (χ0v) is 16.2. The van der Waals surface area contributed by atoms with Crippen LogP contribution in [-0.4, -0.2) is 64.8 Å². The molecule has 0 saturated carbocycles. The highest BCUT2D eigenvalue weighted by molar-refractivity contribution is 5.76. The van der Waals surface area contributed by atoms with Crippen LogP contribution < -0.4 is 0 Å². The number of likely N-dealkylation sites (tertiary alicyclic amines) is 2. The number of aliphatic hydroxyl groups is 1. The highest BCUT2D eigenvalue weighted by Gasteiger charge is 2.32. The summed E-state index contributed by atoms with van der Waals surface area (Å²) in [4.78, 5) is 28.3. The van der Waals surface area contributed by atoms with Crippen molar-refractivity contribution in [2.45, 2.75) is 71.5 Å². The van der Waals surface area contributed by atoms with Crippen LogP contribution in [0.15, 0.2) is 0 Å². The Balaban J connectivity index is 1.76. The predicted octanol–water partition coefficient (Wildman–Crippen LogP) is 2.64. The molecule has 6 heteroatoms. The van der Waals surface area contributed by atoms with Gasteiger partial charge in [-0.1, -0.05) is 6.92 Å². The summed E-state index contributed by atoms with van der Waals surface area (Å²) in [6, 6.07) is 0. The zero-order valence-electron chi connectivity index (χ0n) is 16.2. The molecule has 2 aliphatic rings. The van der Waals surface area contributed by atoms with Gasteiger partial charge in [0.1, 0.15) is 5.60 Å². The smallest absolute Gasteiger partial charge is 0.410 e. The van der Waals surface area contributed by atoms with E-state index in [9.17, 15) is 14.7 Å². The second kappa shape index (κ2) is 8.39. The molecule has 0 radical (unpaired) electrons. The van der Waals surface area contributed by atoms with Gasteiger partial charge in [0.15, 0.2) is 0 Å². The van der Waals surface area contributed by atoms with E-state index in [1.165, 1.54) is 0 Å². The van der Waals surface area contributed by atoms with Crippen molar-refractivity contribution in [2.24, 2.45) is 11.8 Å². The molecule has 0 aromatic carbocycles. The third kappa shape index (κ3) is 5.87. The largest absolute Gasteiger partial charge is 0.444 e. The summed E-state index contributed by atoms with van der Waals surface area (Å²) in [6.45, 7) is 10.3. The number of piperidine rings is 2. The van der Waals surface area contributed by atoms with Crippen LogP contribution in [0.1, 0.15) is 59.8 Å². The average Bonchev–Trinajstić information content (AvgIpc) is 2.54. The maximum Gasteiger partial charge on any atom is 0.410 e. The number of carbonyl (C=O) groups is 2. The van der Waals surface area contributed by atoms with Crippen molar-refractivity contribution >= 4 is 12.0 Å². The molecule has 0 spiro atoms. The van der Waals surface area contributed by atoms with Crippen LogP contribution in [-0.2, 0) is 9.53 Å². The van der Waals surface area contributed by atoms with Crippen LogP contribution in [0.2, 0.25) is 0 Å². The Morgan fingerprint density at radius 1 is 1.08 bits per heavy atom. The molecular weight excluding hydrogens is 320 g/mol. The molecule has 2 fully saturated rings. The molecule has 0 aromatic rings. The number of hydrogen-bond acceptors (Lipinski definition) is 4. The predicted molar refractivity (Wildman–Crippen MR) is 96.1 cm³/mol. The van der Waals surface area contributed by atoms with Gasteiger partial charge in [0.05, 0.1) is 6.10 Å². The monoisotopic (exact) mass is 354 g/mol. The second-order valence-corrected chi connectivity index (χ2v) is 8.48. The van der Waals surface area contributed by atoms with E-state index in [1.807, 2.05) is 25.7 Å². The van der Waals surface area contributed by atoms with E-state index < -0.39 is 5.60 Å². The molecule has 144 valence electrons. The molecule has 2 atom stereocenters. The minimum atomic E-state index is -0.474. The fraction of sp³-hybridized carbons (Fsp3) is 0.895. The fourth-order valence-electron chi connectivity index (χ4n) is 3.67. The molecule has 2 unspecified atom stereocenters. The Hall–Kier alpha value is -1.30. The topological polar surface area (TPSA) is 70.1 Å². The first kappa shape index (κ1) is 20.0. The van der Waals surface area contributed by atoms with E-state index in [4.69, 9.17) is 4.74 Å². The van der Waals surface area contributed by atoms with E-state index in [1.54, 1.807) is 4.90 Å². The minimum absolute atomic E-state index is 0.195. The average molecular weight is 354 g/mol. The molecule has 6 nitrogen and oxygen atoms in total. The normalized spacial score (nSPS) is 25.8. The van der Waals surface area contributed by atoms with Gasteiger partial charge in [0.25, 0.3) is 0 Å². The highest BCUT2D eigenvalue weighted by Crippen LogP contribution is 2.25. The summed E-state index contributed by atoms with van der Waals surface area (Å²) in [5.74, 6) is 0.728.